The first-order valence-electron chi connectivity index (χ1n) is 7.39. The van der Waals surface area contributed by atoms with Crippen LogP contribution in [0.15, 0.2) is 4.52 Å². The lowest BCUT2D eigenvalue weighted by Crippen LogP contribution is -2.46. The molecule has 2 unspecified atom stereocenters. The van der Waals surface area contributed by atoms with Crippen molar-refractivity contribution in [1.82, 2.24) is 15.8 Å². The van der Waals surface area contributed by atoms with Crippen LogP contribution in [-0.4, -0.2) is 23.1 Å². The SMILES string of the molecule is CCC(CC)NC(=O)C(C)NC(C)c1c(C)noc1C. The maximum atomic E-state index is 12.1. The Balaban J connectivity index is 2.61. The number of carbonyl (C=O) groups excluding carboxylic acids is 1. The van der Waals surface area contributed by atoms with Gasteiger partial charge in [-0.05, 0) is 40.5 Å². The summed E-state index contributed by atoms with van der Waals surface area (Å²) < 4.78 is 5.17. The van der Waals surface area contributed by atoms with Gasteiger partial charge in [0.1, 0.15) is 5.76 Å². The van der Waals surface area contributed by atoms with Gasteiger partial charge in [0.15, 0.2) is 0 Å². The summed E-state index contributed by atoms with van der Waals surface area (Å²) in [5.74, 6) is 0.840. The number of aryl methyl sites for hydroxylation is 2. The van der Waals surface area contributed by atoms with E-state index in [-0.39, 0.29) is 24.0 Å². The van der Waals surface area contributed by atoms with Crippen LogP contribution in [0.25, 0.3) is 0 Å². The molecule has 2 atom stereocenters. The second-order valence-corrected chi connectivity index (χ2v) is 5.37. The molecular weight excluding hydrogens is 254 g/mol. The summed E-state index contributed by atoms with van der Waals surface area (Å²) in [6.45, 7) is 11.9. The number of rotatable bonds is 7. The van der Waals surface area contributed by atoms with Gasteiger partial charge >= 0.3 is 0 Å². The molecule has 0 saturated carbocycles. The van der Waals surface area contributed by atoms with E-state index in [1.54, 1.807) is 0 Å². The quantitative estimate of drug-likeness (QED) is 0.806. The third kappa shape index (κ3) is 4.07. The molecule has 0 aliphatic carbocycles. The van der Waals surface area contributed by atoms with Gasteiger partial charge in [-0.3, -0.25) is 10.1 Å². The summed E-state index contributed by atoms with van der Waals surface area (Å²) in [6.07, 6.45) is 1.91. The molecule has 20 heavy (non-hydrogen) atoms. The summed E-state index contributed by atoms with van der Waals surface area (Å²) in [6, 6.07) is 0.0316. The molecule has 5 heteroatoms. The Morgan fingerprint density at radius 2 is 1.85 bits per heavy atom. The van der Waals surface area contributed by atoms with Crippen LogP contribution >= 0.6 is 0 Å². The number of hydrogen-bond acceptors (Lipinski definition) is 4. The molecule has 0 bridgehead atoms. The highest BCUT2D eigenvalue weighted by molar-refractivity contribution is 5.81. The van der Waals surface area contributed by atoms with Crippen LogP contribution in [0.5, 0.6) is 0 Å². The molecule has 1 aromatic heterocycles. The molecule has 0 spiro atoms. The van der Waals surface area contributed by atoms with E-state index < -0.39 is 0 Å². The second-order valence-electron chi connectivity index (χ2n) is 5.37. The summed E-state index contributed by atoms with van der Waals surface area (Å²) >= 11 is 0. The van der Waals surface area contributed by atoms with Crippen LogP contribution in [0, 0.1) is 13.8 Å². The number of hydrogen-bond donors (Lipinski definition) is 2. The van der Waals surface area contributed by atoms with Gasteiger partial charge in [-0.2, -0.15) is 0 Å². The third-order valence-electron chi connectivity index (χ3n) is 3.75. The van der Waals surface area contributed by atoms with Gasteiger partial charge in [0, 0.05) is 17.6 Å². The highest BCUT2D eigenvalue weighted by Crippen LogP contribution is 2.21. The number of nitrogens with zero attached hydrogens (tertiary/aromatic N) is 1. The minimum absolute atomic E-state index is 0.0312. The van der Waals surface area contributed by atoms with Crippen LogP contribution in [0.2, 0.25) is 0 Å². The molecule has 114 valence electrons. The zero-order chi connectivity index (χ0) is 15.3. The minimum Gasteiger partial charge on any atom is -0.361 e. The molecule has 0 aromatic carbocycles. The predicted octanol–water partition coefficient (Wildman–Crippen LogP) is 2.64. The van der Waals surface area contributed by atoms with E-state index in [9.17, 15) is 4.79 Å². The molecule has 0 radical (unpaired) electrons. The van der Waals surface area contributed by atoms with Crippen LogP contribution in [0.1, 0.15) is 63.6 Å². The van der Waals surface area contributed by atoms with Crippen LogP contribution in [-0.2, 0) is 4.79 Å². The third-order valence-corrected chi connectivity index (χ3v) is 3.75. The first kappa shape index (κ1) is 16.7. The normalized spacial score (nSPS) is 14.3. The largest absolute Gasteiger partial charge is 0.361 e. The lowest BCUT2D eigenvalue weighted by molar-refractivity contribution is -0.123. The first-order valence-corrected chi connectivity index (χ1v) is 7.39. The Labute approximate surface area is 121 Å². The Hall–Kier alpha value is -1.36. The van der Waals surface area contributed by atoms with E-state index in [1.807, 2.05) is 27.7 Å². The summed E-state index contributed by atoms with van der Waals surface area (Å²) in [4.78, 5) is 12.1. The highest BCUT2D eigenvalue weighted by Gasteiger charge is 2.22. The van der Waals surface area contributed by atoms with Crippen molar-refractivity contribution in [3.05, 3.63) is 17.0 Å². The van der Waals surface area contributed by atoms with E-state index in [0.717, 1.165) is 29.9 Å². The predicted molar refractivity (Wildman–Crippen MR) is 79.5 cm³/mol. The zero-order valence-electron chi connectivity index (χ0n) is 13.4. The van der Waals surface area contributed by atoms with E-state index in [4.69, 9.17) is 4.52 Å². The zero-order valence-corrected chi connectivity index (χ0v) is 13.4. The van der Waals surface area contributed by atoms with Gasteiger partial charge in [-0.15, -0.1) is 0 Å². The molecule has 0 aliphatic heterocycles. The smallest absolute Gasteiger partial charge is 0.237 e. The Kier molecular flexibility index (Phi) is 6.20. The summed E-state index contributed by atoms with van der Waals surface area (Å²) in [7, 11) is 0. The van der Waals surface area contributed by atoms with Gasteiger partial charge in [0.2, 0.25) is 5.91 Å². The molecule has 1 amide bonds. The highest BCUT2D eigenvalue weighted by atomic mass is 16.5. The molecule has 1 heterocycles. The molecule has 5 nitrogen and oxygen atoms in total. The van der Waals surface area contributed by atoms with E-state index >= 15 is 0 Å². The molecule has 1 rings (SSSR count). The monoisotopic (exact) mass is 281 g/mol. The summed E-state index contributed by atoms with van der Waals surface area (Å²) in [5, 5.41) is 10.3. The topological polar surface area (TPSA) is 67.2 Å². The number of nitrogens with one attached hydrogen (secondary N) is 2. The number of amides is 1. The van der Waals surface area contributed by atoms with Crippen LogP contribution in [0.4, 0.5) is 0 Å². The molecule has 2 N–H and O–H groups in total. The average molecular weight is 281 g/mol. The van der Waals surface area contributed by atoms with Crippen molar-refractivity contribution in [2.24, 2.45) is 0 Å². The van der Waals surface area contributed by atoms with Crippen molar-refractivity contribution in [3.63, 3.8) is 0 Å². The molecular formula is C15H27N3O2. The van der Waals surface area contributed by atoms with E-state index in [1.165, 1.54) is 0 Å². The van der Waals surface area contributed by atoms with Crippen molar-refractivity contribution >= 4 is 5.91 Å². The fourth-order valence-corrected chi connectivity index (χ4v) is 2.46. The Morgan fingerprint density at radius 1 is 1.25 bits per heavy atom. The van der Waals surface area contributed by atoms with Crippen molar-refractivity contribution < 1.29 is 9.32 Å². The Bertz CT molecular complexity index is 419. The van der Waals surface area contributed by atoms with Gasteiger partial charge < -0.3 is 9.84 Å². The lowest BCUT2D eigenvalue weighted by Gasteiger charge is -2.22. The van der Waals surface area contributed by atoms with Crippen LogP contribution < -0.4 is 10.6 Å². The summed E-state index contributed by atoms with van der Waals surface area (Å²) in [5.41, 5.74) is 1.90. The van der Waals surface area contributed by atoms with E-state index in [2.05, 4.69) is 29.6 Å². The van der Waals surface area contributed by atoms with Gasteiger partial charge in [0.05, 0.1) is 11.7 Å². The van der Waals surface area contributed by atoms with Crippen molar-refractivity contribution in [2.45, 2.75) is 72.5 Å². The standard InChI is InChI=1S/C15H27N3O2/c1-7-13(8-2)17-15(19)11(5)16-9(3)14-10(4)18-20-12(14)6/h9,11,13,16H,7-8H2,1-6H3,(H,17,19). The maximum Gasteiger partial charge on any atom is 0.237 e. The molecule has 1 aromatic rings. The number of aromatic nitrogens is 1. The van der Waals surface area contributed by atoms with E-state index in [0.29, 0.717) is 0 Å². The van der Waals surface area contributed by atoms with Crippen molar-refractivity contribution in [3.8, 4) is 0 Å². The maximum absolute atomic E-state index is 12.1. The molecule has 0 fully saturated rings. The fourth-order valence-electron chi connectivity index (χ4n) is 2.46. The number of carbonyl (C=O) groups is 1. The average Bonchev–Trinajstić information content (AvgIpc) is 2.74. The lowest BCUT2D eigenvalue weighted by atomic mass is 10.1. The molecule has 0 saturated heterocycles. The van der Waals surface area contributed by atoms with Gasteiger partial charge in [0.25, 0.3) is 0 Å². The minimum atomic E-state index is -0.251. The van der Waals surface area contributed by atoms with Crippen molar-refractivity contribution in [1.29, 1.82) is 0 Å². The van der Waals surface area contributed by atoms with Gasteiger partial charge in [-0.25, -0.2) is 0 Å². The Morgan fingerprint density at radius 3 is 2.30 bits per heavy atom. The second kappa shape index (κ2) is 7.43. The van der Waals surface area contributed by atoms with Crippen molar-refractivity contribution in [2.75, 3.05) is 0 Å². The molecule has 0 aliphatic rings. The van der Waals surface area contributed by atoms with Gasteiger partial charge in [-0.1, -0.05) is 19.0 Å². The fraction of sp³-hybridized carbons (Fsp3) is 0.733. The van der Waals surface area contributed by atoms with Crippen LogP contribution in [0.3, 0.4) is 0 Å². The first-order chi connectivity index (χ1) is 9.40.